The number of hydrogen-bond donors (Lipinski definition) is 0. The lowest BCUT2D eigenvalue weighted by Gasteiger charge is -2.32. The Balaban J connectivity index is 2.17. The third kappa shape index (κ3) is 4.06. The minimum atomic E-state index is -0.189. The second-order valence-corrected chi connectivity index (χ2v) is 7.56. The molecule has 101 valence electrons. The molecule has 1 aromatic rings. The van der Waals surface area contributed by atoms with Crippen LogP contribution in [0.3, 0.4) is 0 Å². The summed E-state index contributed by atoms with van der Waals surface area (Å²) in [6.45, 7) is 4.64. The molecular formula is C18H24P. The van der Waals surface area contributed by atoms with Crippen molar-refractivity contribution in [1.29, 1.82) is 0 Å². The molecule has 0 bridgehead atoms. The predicted molar refractivity (Wildman–Crippen MR) is 87.0 cm³/mol. The molecule has 2 atom stereocenters. The van der Waals surface area contributed by atoms with Crippen LogP contribution in [0.1, 0.15) is 39.5 Å². The summed E-state index contributed by atoms with van der Waals surface area (Å²) in [6, 6.07) is 11.1. The second-order valence-electron chi connectivity index (χ2n) is 5.05. The summed E-state index contributed by atoms with van der Waals surface area (Å²) in [6.07, 6.45) is 14.3. The van der Waals surface area contributed by atoms with Crippen molar-refractivity contribution >= 4 is 13.2 Å². The molecule has 0 spiro atoms. The van der Waals surface area contributed by atoms with Crippen molar-refractivity contribution in [2.24, 2.45) is 0 Å². The largest absolute Gasteiger partial charge is 0.0654 e. The van der Waals surface area contributed by atoms with E-state index in [1.54, 1.807) is 5.66 Å². The van der Waals surface area contributed by atoms with Crippen LogP contribution in [0, 0.1) is 31.3 Å². The minimum absolute atomic E-state index is 0.189. The Bertz CT molecular complexity index is 340. The van der Waals surface area contributed by atoms with E-state index in [9.17, 15) is 0 Å². The maximum absolute atomic E-state index is 2.35. The van der Waals surface area contributed by atoms with Crippen LogP contribution in [0.2, 0.25) is 0 Å². The first-order chi connectivity index (χ1) is 9.36. The maximum Gasteiger partial charge on any atom is 0.0121 e. The molecule has 1 heteroatoms. The Morgan fingerprint density at radius 3 is 2.26 bits per heavy atom. The summed E-state index contributed by atoms with van der Waals surface area (Å²) >= 11 is 0. The van der Waals surface area contributed by atoms with Gasteiger partial charge < -0.3 is 0 Å². The van der Waals surface area contributed by atoms with Crippen molar-refractivity contribution in [3.8, 4) is 0 Å². The fourth-order valence-corrected chi connectivity index (χ4v) is 5.57. The van der Waals surface area contributed by atoms with Gasteiger partial charge >= 0.3 is 0 Å². The molecule has 19 heavy (non-hydrogen) atoms. The van der Waals surface area contributed by atoms with E-state index in [-0.39, 0.29) is 7.92 Å². The molecule has 1 aromatic carbocycles. The SMILES string of the molecule is CCCC[C@H](CC)[P@@]([C]1[CH][CH][CH][CH]1)c1ccccc1. The molecule has 0 aromatic heterocycles. The lowest BCUT2D eigenvalue weighted by molar-refractivity contribution is 0.664. The lowest BCUT2D eigenvalue weighted by atomic mass is 10.2. The van der Waals surface area contributed by atoms with Crippen molar-refractivity contribution in [3.05, 3.63) is 61.7 Å². The van der Waals surface area contributed by atoms with Crippen molar-refractivity contribution < 1.29 is 0 Å². The lowest BCUT2D eigenvalue weighted by Crippen LogP contribution is -2.17. The smallest absolute Gasteiger partial charge is 0.0121 e. The fourth-order valence-electron chi connectivity index (χ4n) is 2.64. The summed E-state index contributed by atoms with van der Waals surface area (Å²) in [5, 5.41) is 1.53. The maximum atomic E-state index is 2.35. The zero-order valence-corrected chi connectivity index (χ0v) is 12.9. The van der Waals surface area contributed by atoms with Crippen LogP contribution in [0.25, 0.3) is 0 Å². The molecule has 0 nitrogen and oxygen atoms in total. The zero-order chi connectivity index (χ0) is 13.5. The van der Waals surface area contributed by atoms with E-state index in [1.807, 2.05) is 0 Å². The van der Waals surface area contributed by atoms with Gasteiger partial charge in [-0.3, -0.25) is 0 Å². The highest BCUT2D eigenvalue weighted by molar-refractivity contribution is 7.69. The summed E-state index contributed by atoms with van der Waals surface area (Å²) < 4.78 is 0. The average molecular weight is 271 g/mol. The Morgan fingerprint density at radius 2 is 1.68 bits per heavy atom. The van der Waals surface area contributed by atoms with Gasteiger partial charge in [0.25, 0.3) is 0 Å². The molecule has 0 unspecified atom stereocenters. The molecule has 0 heterocycles. The monoisotopic (exact) mass is 271 g/mol. The summed E-state index contributed by atoms with van der Waals surface area (Å²) in [5.74, 6) is 0. The molecule has 1 fully saturated rings. The van der Waals surface area contributed by atoms with Gasteiger partial charge in [-0.15, -0.1) is 0 Å². The van der Waals surface area contributed by atoms with E-state index in [0.717, 1.165) is 5.66 Å². The van der Waals surface area contributed by atoms with Crippen molar-refractivity contribution in [2.75, 3.05) is 0 Å². The van der Waals surface area contributed by atoms with Gasteiger partial charge in [0, 0.05) is 5.66 Å². The molecule has 1 aliphatic rings. The first-order valence-electron chi connectivity index (χ1n) is 7.42. The Morgan fingerprint density at radius 1 is 1.00 bits per heavy atom. The average Bonchev–Trinajstić information content (AvgIpc) is 2.98. The highest BCUT2D eigenvalue weighted by Crippen LogP contribution is 2.57. The molecular weight excluding hydrogens is 247 g/mol. The number of rotatable bonds is 7. The van der Waals surface area contributed by atoms with Gasteiger partial charge in [0.15, 0.2) is 0 Å². The minimum Gasteiger partial charge on any atom is -0.0654 e. The Hall–Kier alpha value is -0.350. The summed E-state index contributed by atoms with van der Waals surface area (Å²) in [5.41, 5.74) is 2.36. The van der Waals surface area contributed by atoms with E-state index < -0.39 is 0 Å². The van der Waals surface area contributed by atoms with Crippen molar-refractivity contribution in [3.63, 3.8) is 0 Å². The van der Waals surface area contributed by atoms with E-state index in [4.69, 9.17) is 0 Å². The zero-order valence-electron chi connectivity index (χ0n) is 12.0. The number of hydrogen-bond acceptors (Lipinski definition) is 0. The first kappa shape index (κ1) is 15.0. The highest BCUT2D eigenvalue weighted by atomic mass is 31.1. The Kier molecular flexibility index (Phi) is 6.38. The molecule has 1 saturated carbocycles. The van der Waals surface area contributed by atoms with E-state index in [2.05, 4.69) is 69.9 Å². The van der Waals surface area contributed by atoms with Crippen molar-refractivity contribution in [1.82, 2.24) is 0 Å². The number of benzene rings is 1. The number of unbranched alkanes of at least 4 members (excludes halogenated alkanes) is 1. The van der Waals surface area contributed by atoms with E-state index in [1.165, 1.54) is 31.0 Å². The molecule has 0 saturated heterocycles. The first-order valence-corrected chi connectivity index (χ1v) is 8.83. The van der Waals surface area contributed by atoms with E-state index >= 15 is 0 Å². The molecule has 0 aliphatic heterocycles. The predicted octanol–water partition coefficient (Wildman–Crippen LogP) is 5.13. The Labute approximate surface area is 120 Å². The van der Waals surface area contributed by atoms with E-state index in [0.29, 0.717) is 0 Å². The molecule has 2 rings (SSSR count). The van der Waals surface area contributed by atoms with Crippen LogP contribution in [-0.2, 0) is 0 Å². The van der Waals surface area contributed by atoms with Crippen LogP contribution in [0.5, 0.6) is 0 Å². The fraction of sp³-hybridized carbons (Fsp3) is 0.389. The van der Waals surface area contributed by atoms with Crippen LogP contribution in [-0.4, -0.2) is 5.66 Å². The van der Waals surface area contributed by atoms with Crippen LogP contribution >= 0.6 is 7.92 Å². The normalized spacial score (nSPS) is 19.5. The molecule has 5 radical (unpaired) electrons. The van der Waals surface area contributed by atoms with Gasteiger partial charge in [0.1, 0.15) is 0 Å². The highest BCUT2D eigenvalue weighted by Gasteiger charge is 2.32. The van der Waals surface area contributed by atoms with Gasteiger partial charge in [0.2, 0.25) is 0 Å². The van der Waals surface area contributed by atoms with Gasteiger partial charge in [-0.2, -0.15) is 0 Å². The van der Waals surface area contributed by atoms with Crippen LogP contribution in [0.4, 0.5) is 0 Å². The second kappa shape index (κ2) is 8.05. The third-order valence-corrected chi connectivity index (χ3v) is 6.75. The summed E-state index contributed by atoms with van der Waals surface area (Å²) in [4.78, 5) is 0. The molecule has 0 N–H and O–H groups in total. The van der Waals surface area contributed by atoms with Gasteiger partial charge in [0.05, 0.1) is 0 Å². The molecule has 0 amide bonds. The topological polar surface area (TPSA) is 0 Å². The van der Waals surface area contributed by atoms with Crippen molar-refractivity contribution in [2.45, 2.75) is 45.2 Å². The summed E-state index contributed by atoms with van der Waals surface area (Å²) in [7, 11) is -0.189. The standard InChI is InChI=1S/C18H24P/c1-3-5-11-16(4-2)19(18-14-9-10-15-18)17-12-7-6-8-13-17/h6-10,12-16H,3-5,11H2,1-2H3/t16-,19+/m0/s1. The molecule has 1 aliphatic carbocycles. The van der Waals surface area contributed by atoms with Gasteiger partial charge in [-0.05, 0) is 49.5 Å². The van der Waals surface area contributed by atoms with Gasteiger partial charge in [-0.1, -0.05) is 64.9 Å². The van der Waals surface area contributed by atoms with Crippen LogP contribution in [0.15, 0.2) is 30.3 Å². The van der Waals surface area contributed by atoms with Gasteiger partial charge in [-0.25, -0.2) is 0 Å². The van der Waals surface area contributed by atoms with Crippen LogP contribution < -0.4 is 5.30 Å². The third-order valence-electron chi connectivity index (χ3n) is 3.68. The quantitative estimate of drug-likeness (QED) is 0.603.